The Morgan fingerprint density at radius 1 is 1.44 bits per heavy atom. The van der Waals surface area contributed by atoms with Crippen molar-refractivity contribution >= 4 is 11.6 Å². The first-order valence-corrected chi connectivity index (χ1v) is 5.92. The number of hydrogen-bond donors (Lipinski definition) is 1. The van der Waals surface area contributed by atoms with Crippen LogP contribution in [-0.4, -0.2) is 16.5 Å². The van der Waals surface area contributed by atoms with Crippen LogP contribution in [0.4, 0.5) is 5.69 Å². The highest BCUT2D eigenvalue weighted by Crippen LogP contribution is 2.40. The summed E-state index contributed by atoms with van der Waals surface area (Å²) in [7, 11) is 0. The molecule has 1 fully saturated rings. The molecular weight excluding hydrogens is 200 g/mol. The molecule has 1 saturated heterocycles. The van der Waals surface area contributed by atoms with Crippen LogP contribution in [0.2, 0.25) is 0 Å². The number of benzene rings is 1. The van der Waals surface area contributed by atoms with Crippen LogP contribution in [0.5, 0.6) is 0 Å². The van der Waals surface area contributed by atoms with E-state index in [0.29, 0.717) is 6.42 Å². The lowest BCUT2D eigenvalue weighted by Crippen LogP contribution is -2.53. The summed E-state index contributed by atoms with van der Waals surface area (Å²) in [5, 5.41) is 3.56. The topological polar surface area (TPSA) is 32.3 Å². The number of carbonyl (C=O) groups is 1. The molecular formula is C13H16N2O. The molecule has 0 aliphatic carbocycles. The Morgan fingerprint density at radius 3 is 3.06 bits per heavy atom. The van der Waals surface area contributed by atoms with Crippen molar-refractivity contribution in [2.45, 2.75) is 38.4 Å². The van der Waals surface area contributed by atoms with Crippen LogP contribution in [0.1, 0.15) is 31.7 Å². The molecule has 0 aromatic heterocycles. The highest BCUT2D eigenvalue weighted by Gasteiger charge is 2.46. The minimum Gasteiger partial charge on any atom is -0.362 e. The van der Waals surface area contributed by atoms with Gasteiger partial charge in [0.05, 0.1) is 0 Å². The molecule has 3 heteroatoms. The van der Waals surface area contributed by atoms with E-state index >= 15 is 0 Å². The minimum atomic E-state index is -0.120. The van der Waals surface area contributed by atoms with Gasteiger partial charge in [0, 0.05) is 18.7 Å². The predicted octanol–water partition coefficient (Wildman–Crippen LogP) is 2.34. The Bertz CT molecular complexity index is 443. The Labute approximate surface area is 95.4 Å². The summed E-state index contributed by atoms with van der Waals surface area (Å²) >= 11 is 0. The van der Waals surface area contributed by atoms with Crippen LogP contribution in [0, 0.1) is 0 Å². The molecule has 3 rings (SSSR count). The lowest BCUT2D eigenvalue weighted by atomic mass is 9.98. The van der Waals surface area contributed by atoms with Crippen molar-refractivity contribution in [1.82, 2.24) is 4.90 Å². The molecule has 16 heavy (non-hydrogen) atoms. The third-order valence-electron chi connectivity index (χ3n) is 3.87. The van der Waals surface area contributed by atoms with E-state index in [0.717, 1.165) is 19.4 Å². The summed E-state index contributed by atoms with van der Waals surface area (Å²) in [6.07, 6.45) is 2.57. The number of para-hydroxylation sites is 1. The summed E-state index contributed by atoms with van der Waals surface area (Å²) in [5.74, 6) is 0.281. The maximum absolute atomic E-state index is 11.9. The van der Waals surface area contributed by atoms with Crippen molar-refractivity contribution in [2.24, 2.45) is 0 Å². The van der Waals surface area contributed by atoms with Crippen molar-refractivity contribution in [1.29, 1.82) is 0 Å². The second kappa shape index (κ2) is 3.24. The van der Waals surface area contributed by atoms with Gasteiger partial charge >= 0.3 is 0 Å². The smallest absolute Gasteiger partial charge is 0.224 e. The van der Waals surface area contributed by atoms with Gasteiger partial charge in [0.2, 0.25) is 5.91 Å². The first kappa shape index (κ1) is 9.70. The standard InChI is InChI=1S/C13H16N2O/c1-2-13-8-7-12(16)15(13)9-10-5-3-4-6-11(10)14-13/h3-6,14H,2,7-9H2,1H3. The van der Waals surface area contributed by atoms with E-state index in [-0.39, 0.29) is 11.6 Å². The van der Waals surface area contributed by atoms with Crippen LogP contribution >= 0.6 is 0 Å². The molecule has 0 bridgehead atoms. The van der Waals surface area contributed by atoms with Gasteiger partial charge < -0.3 is 10.2 Å². The summed E-state index contributed by atoms with van der Waals surface area (Å²) in [6.45, 7) is 2.91. The van der Waals surface area contributed by atoms with Gasteiger partial charge in [0.1, 0.15) is 5.66 Å². The number of carbonyl (C=O) groups excluding carboxylic acids is 1. The van der Waals surface area contributed by atoms with Crippen molar-refractivity contribution in [3.8, 4) is 0 Å². The van der Waals surface area contributed by atoms with E-state index in [1.165, 1.54) is 11.3 Å². The van der Waals surface area contributed by atoms with Gasteiger partial charge in [-0.1, -0.05) is 25.1 Å². The van der Waals surface area contributed by atoms with Gasteiger partial charge in [-0.2, -0.15) is 0 Å². The monoisotopic (exact) mass is 216 g/mol. The molecule has 1 amide bonds. The third kappa shape index (κ3) is 1.17. The fourth-order valence-corrected chi connectivity index (χ4v) is 2.85. The quantitative estimate of drug-likeness (QED) is 0.781. The Hall–Kier alpha value is -1.51. The van der Waals surface area contributed by atoms with Crippen molar-refractivity contribution in [2.75, 3.05) is 5.32 Å². The number of fused-ring (bicyclic) bond motifs is 2. The zero-order chi connectivity index (χ0) is 11.2. The molecule has 1 atom stereocenters. The van der Waals surface area contributed by atoms with Gasteiger partial charge in [-0.05, 0) is 24.5 Å². The van der Waals surface area contributed by atoms with Crippen molar-refractivity contribution in [3.05, 3.63) is 29.8 Å². The summed E-state index contributed by atoms with van der Waals surface area (Å²) in [5.41, 5.74) is 2.29. The lowest BCUT2D eigenvalue weighted by Gasteiger charge is -2.44. The predicted molar refractivity (Wildman–Crippen MR) is 62.9 cm³/mol. The molecule has 1 aromatic rings. The van der Waals surface area contributed by atoms with Crippen LogP contribution in [0.25, 0.3) is 0 Å². The molecule has 1 aromatic carbocycles. The third-order valence-corrected chi connectivity index (χ3v) is 3.87. The van der Waals surface area contributed by atoms with Gasteiger partial charge in [-0.15, -0.1) is 0 Å². The first-order valence-electron chi connectivity index (χ1n) is 5.92. The normalized spacial score (nSPS) is 27.3. The summed E-state index contributed by atoms with van der Waals surface area (Å²) in [4.78, 5) is 13.9. The molecule has 0 radical (unpaired) electrons. The highest BCUT2D eigenvalue weighted by molar-refractivity contribution is 5.81. The average Bonchev–Trinajstić information content (AvgIpc) is 2.65. The number of amides is 1. The highest BCUT2D eigenvalue weighted by atomic mass is 16.2. The lowest BCUT2D eigenvalue weighted by molar-refractivity contribution is -0.131. The van der Waals surface area contributed by atoms with Crippen LogP contribution in [0.15, 0.2) is 24.3 Å². The minimum absolute atomic E-state index is 0.120. The first-order chi connectivity index (χ1) is 7.75. The number of nitrogens with zero attached hydrogens (tertiary/aromatic N) is 1. The average molecular weight is 216 g/mol. The maximum atomic E-state index is 11.9. The molecule has 2 aliphatic rings. The van der Waals surface area contributed by atoms with E-state index < -0.39 is 0 Å². The van der Waals surface area contributed by atoms with Crippen molar-refractivity contribution in [3.63, 3.8) is 0 Å². The molecule has 84 valence electrons. The largest absolute Gasteiger partial charge is 0.362 e. The molecule has 0 spiro atoms. The molecule has 3 nitrogen and oxygen atoms in total. The van der Waals surface area contributed by atoms with E-state index in [4.69, 9.17) is 0 Å². The van der Waals surface area contributed by atoms with Gasteiger partial charge in [0.25, 0.3) is 0 Å². The number of anilines is 1. The molecule has 1 unspecified atom stereocenters. The van der Waals surface area contributed by atoms with Gasteiger partial charge in [-0.3, -0.25) is 4.79 Å². The van der Waals surface area contributed by atoms with Crippen LogP contribution < -0.4 is 5.32 Å². The zero-order valence-corrected chi connectivity index (χ0v) is 9.49. The van der Waals surface area contributed by atoms with Crippen LogP contribution in [-0.2, 0) is 11.3 Å². The summed E-state index contributed by atoms with van der Waals surface area (Å²) in [6, 6.07) is 8.27. The van der Waals surface area contributed by atoms with Gasteiger partial charge in [-0.25, -0.2) is 0 Å². The SMILES string of the molecule is CCC12CCC(=O)N1Cc1ccccc1N2. The maximum Gasteiger partial charge on any atom is 0.224 e. The fourth-order valence-electron chi connectivity index (χ4n) is 2.85. The second-order valence-corrected chi connectivity index (χ2v) is 4.65. The Morgan fingerprint density at radius 2 is 2.25 bits per heavy atom. The van der Waals surface area contributed by atoms with Crippen LogP contribution in [0.3, 0.4) is 0 Å². The Balaban J connectivity index is 2.05. The number of hydrogen-bond acceptors (Lipinski definition) is 2. The van der Waals surface area contributed by atoms with Gasteiger partial charge in [0.15, 0.2) is 0 Å². The molecule has 1 N–H and O–H groups in total. The molecule has 2 aliphatic heterocycles. The second-order valence-electron chi connectivity index (χ2n) is 4.65. The zero-order valence-electron chi connectivity index (χ0n) is 9.49. The Kier molecular flexibility index (Phi) is 1.96. The van der Waals surface area contributed by atoms with Crippen molar-refractivity contribution < 1.29 is 4.79 Å². The summed E-state index contributed by atoms with van der Waals surface area (Å²) < 4.78 is 0. The number of nitrogens with one attached hydrogen (secondary N) is 1. The van der Waals surface area contributed by atoms with E-state index in [1.54, 1.807) is 0 Å². The molecule has 2 heterocycles. The van der Waals surface area contributed by atoms with E-state index in [1.807, 2.05) is 17.0 Å². The fraction of sp³-hybridized carbons (Fsp3) is 0.462. The number of rotatable bonds is 1. The molecule has 0 saturated carbocycles. The van der Waals surface area contributed by atoms with E-state index in [9.17, 15) is 4.79 Å². The van der Waals surface area contributed by atoms with E-state index in [2.05, 4.69) is 24.4 Å².